The van der Waals surface area contributed by atoms with Gasteiger partial charge in [-0.15, -0.1) is 22.7 Å². The summed E-state index contributed by atoms with van der Waals surface area (Å²) in [5.74, 6) is 0. The van der Waals surface area contributed by atoms with E-state index in [0.29, 0.717) is 0 Å². The fourth-order valence-corrected chi connectivity index (χ4v) is 19.0. The van der Waals surface area contributed by atoms with E-state index in [1.165, 1.54) is 106 Å². The van der Waals surface area contributed by atoms with Gasteiger partial charge in [-0.2, -0.15) is 0 Å². The predicted octanol–water partition coefficient (Wildman–Crippen LogP) is 23.4. The molecule has 97 heavy (non-hydrogen) atoms. The van der Waals surface area contributed by atoms with E-state index in [4.69, 9.17) is 0 Å². The van der Waals surface area contributed by atoms with Gasteiger partial charge in [-0.1, -0.05) is 249 Å². The molecule has 450 valence electrons. The van der Waals surface area contributed by atoms with Crippen LogP contribution in [0.3, 0.4) is 0 Å². The van der Waals surface area contributed by atoms with E-state index in [1.54, 1.807) is 0 Å². The lowest BCUT2D eigenvalue weighted by atomic mass is 9.33. The van der Waals surface area contributed by atoms with Gasteiger partial charge in [0.2, 0.25) is 0 Å². The summed E-state index contributed by atoms with van der Waals surface area (Å²) in [6.45, 7) is -0.249. The SMILES string of the molecule is c1ccc(-c2cccc(-c3ccccc3)c2N2c3cc4c(cc3B3c5cc(-n6c7ccccc7c7ccccc76)ccc5N(c5c(-c6ccccc6)cccc5-c5ccccc5)c5c3c2cc2c5sc3ccccc32)sc2ccc(-n3c5ccccc5c5ccccc53)cc24)cc1. The van der Waals surface area contributed by atoms with Crippen molar-refractivity contribution in [1.29, 1.82) is 0 Å². The lowest BCUT2D eigenvalue weighted by Crippen LogP contribution is -2.61. The van der Waals surface area contributed by atoms with E-state index in [0.717, 1.165) is 84.3 Å². The minimum atomic E-state index is -0.249. The Hall–Kier alpha value is -12.0. The molecule has 7 heteroatoms. The van der Waals surface area contributed by atoms with E-state index in [-0.39, 0.29) is 6.71 Å². The van der Waals surface area contributed by atoms with E-state index in [2.05, 4.69) is 353 Å². The molecular formula is C90H55BN4S2. The molecule has 0 fully saturated rings. The van der Waals surface area contributed by atoms with Gasteiger partial charge < -0.3 is 18.9 Å². The molecule has 0 unspecified atom stereocenters. The molecule has 2 aliphatic heterocycles. The number of para-hydroxylation sites is 6. The summed E-state index contributed by atoms with van der Waals surface area (Å²) < 4.78 is 9.99. The monoisotopic (exact) mass is 1270 g/mol. The highest BCUT2D eigenvalue weighted by Gasteiger charge is 2.47. The first kappa shape index (κ1) is 54.4. The zero-order chi connectivity index (χ0) is 63.4. The minimum absolute atomic E-state index is 0.249. The van der Waals surface area contributed by atoms with Crippen molar-refractivity contribution in [2.75, 3.05) is 9.80 Å². The van der Waals surface area contributed by atoms with Crippen LogP contribution in [0.2, 0.25) is 0 Å². The van der Waals surface area contributed by atoms with Gasteiger partial charge in [0, 0.05) is 108 Å². The molecule has 6 heterocycles. The summed E-state index contributed by atoms with van der Waals surface area (Å²) in [4.78, 5) is 5.45. The topological polar surface area (TPSA) is 16.3 Å². The summed E-state index contributed by atoms with van der Waals surface area (Å²) in [5.41, 5.74) is 27.0. The lowest BCUT2D eigenvalue weighted by Gasteiger charge is -2.46. The number of anilines is 6. The highest BCUT2D eigenvalue weighted by atomic mass is 32.1. The number of rotatable bonds is 8. The Morgan fingerprint density at radius 2 is 0.639 bits per heavy atom. The molecule has 19 aromatic rings. The summed E-state index contributed by atoms with van der Waals surface area (Å²) in [5, 5.41) is 9.92. The first-order valence-corrected chi connectivity index (χ1v) is 35.0. The fourth-order valence-electron chi connectivity index (χ4n) is 16.6. The van der Waals surface area contributed by atoms with E-state index < -0.39 is 0 Å². The zero-order valence-electron chi connectivity index (χ0n) is 52.4. The lowest BCUT2D eigenvalue weighted by molar-refractivity contribution is 1.18. The van der Waals surface area contributed by atoms with Crippen LogP contribution in [0, 0.1) is 0 Å². The standard InChI is InChI=1S/C90H55BN4S2/c1-5-25-56(26-6-1)62-38-23-39-63(57-27-7-2-8-28-57)87(62)94-81-53-72-71-51-60(92-76-42-18-13-33-66(76)67-34-14-19-43-77(67)92)48-50-84(71)96-85(72)55-75(81)91-74-52-61(93-78-44-20-15-35-68(78)69-36-16-21-45-79(69)93)47-49-80(74)95(89-86(91)82(94)54-73-70-37-17-22-46-83(70)97-90(73)89)88-64(58-29-9-3-10-30-58)40-24-41-65(88)59-31-11-4-12-32-59/h1-55H. The predicted molar refractivity (Wildman–Crippen MR) is 417 cm³/mol. The minimum Gasteiger partial charge on any atom is -0.310 e. The van der Waals surface area contributed by atoms with Crippen molar-refractivity contribution < 1.29 is 0 Å². The van der Waals surface area contributed by atoms with E-state index in [1.807, 2.05) is 22.7 Å². The van der Waals surface area contributed by atoms with Gasteiger partial charge in [-0.25, -0.2) is 0 Å². The summed E-state index contributed by atoms with van der Waals surface area (Å²) in [6, 6.07) is 125. The quantitative estimate of drug-likeness (QED) is 0.141. The van der Waals surface area contributed by atoms with Crippen LogP contribution in [0.15, 0.2) is 334 Å². The molecule has 4 aromatic heterocycles. The smallest absolute Gasteiger partial charge is 0.252 e. The molecule has 0 atom stereocenters. The molecule has 2 aliphatic rings. The van der Waals surface area contributed by atoms with Gasteiger partial charge in [0.1, 0.15) is 0 Å². The van der Waals surface area contributed by atoms with Crippen molar-refractivity contribution >= 4 is 164 Å². The number of benzene rings is 15. The Morgan fingerprint density at radius 1 is 0.237 bits per heavy atom. The average molecular weight is 1270 g/mol. The molecule has 0 aliphatic carbocycles. The van der Waals surface area contributed by atoms with Crippen LogP contribution in [0.5, 0.6) is 0 Å². The van der Waals surface area contributed by atoms with Gasteiger partial charge >= 0.3 is 0 Å². The van der Waals surface area contributed by atoms with Gasteiger partial charge in [0.15, 0.2) is 0 Å². The normalized spacial score (nSPS) is 12.7. The molecule has 0 bridgehead atoms. The maximum absolute atomic E-state index is 2.72. The summed E-state index contributed by atoms with van der Waals surface area (Å²) >= 11 is 3.83. The Kier molecular flexibility index (Phi) is 11.9. The molecule has 21 rings (SSSR count). The third-order valence-corrected chi connectivity index (χ3v) is 23.0. The Bertz CT molecular complexity index is 6240. The highest BCUT2D eigenvalue weighted by molar-refractivity contribution is 7.27. The van der Waals surface area contributed by atoms with Crippen molar-refractivity contribution in [3.05, 3.63) is 334 Å². The number of thiophene rings is 2. The first-order valence-electron chi connectivity index (χ1n) is 33.3. The summed E-state index contributed by atoms with van der Waals surface area (Å²) in [6.07, 6.45) is 0. The van der Waals surface area contributed by atoms with Crippen molar-refractivity contribution in [3.8, 4) is 55.9 Å². The second-order valence-electron chi connectivity index (χ2n) is 25.8. The van der Waals surface area contributed by atoms with Crippen LogP contribution in [-0.2, 0) is 0 Å². The molecule has 15 aromatic carbocycles. The number of hydrogen-bond acceptors (Lipinski definition) is 4. The van der Waals surface area contributed by atoms with Crippen LogP contribution in [0.4, 0.5) is 34.1 Å². The largest absolute Gasteiger partial charge is 0.310 e. The Labute approximate surface area is 568 Å². The van der Waals surface area contributed by atoms with E-state index >= 15 is 0 Å². The van der Waals surface area contributed by atoms with Crippen LogP contribution in [-0.4, -0.2) is 15.8 Å². The van der Waals surface area contributed by atoms with Crippen molar-refractivity contribution in [2.45, 2.75) is 0 Å². The first-order chi connectivity index (χ1) is 48.2. The molecule has 0 radical (unpaired) electrons. The zero-order valence-corrected chi connectivity index (χ0v) is 54.1. The third-order valence-electron chi connectivity index (χ3n) is 20.7. The van der Waals surface area contributed by atoms with Gasteiger partial charge in [0.25, 0.3) is 6.71 Å². The van der Waals surface area contributed by atoms with Crippen LogP contribution >= 0.6 is 22.7 Å². The third kappa shape index (κ3) is 8.04. The van der Waals surface area contributed by atoms with Gasteiger partial charge in [-0.05, 0) is 124 Å². The Morgan fingerprint density at radius 3 is 1.15 bits per heavy atom. The number of aromatic nitrogens is 2. The molecule has 4 nitrogen and oxygen atoms in total. The molecular weight excluding hydrogens is 1210 g/mol. The number of nitrogens with zero attached hydrogens (tertiary/aromatic N) is 4. The van der Waals surface area contributed by atoms with Crippen molar-refractivity contribution in [1.82, 2.24) is 9.13 Å². The maximum atomic E-state index is 2.72. The molecule has 0 amide bonds. The van der Waals surface area contributed by atoms with Crippen LogP contribution in [0.25, 0.3) is 140 Å². The average Bonchev–Trinajstić information content (AvgIpc) is 1.62. The molecule has 0 spiro atoms. The fraction of sp³-hybridized carbons (Fsp3) is 0. The van der Waals surface area contributed by atoms with Gasteiger partial charge in [0.05, 0.1) is 43.8 Å². The van der Waals surface area contributed by atoms with Crippen LogP contribution < -0.4 is 26.2 Å². The molecule has 0 saturated heterocycles. The maximum Gasteiger partial charge on any atom is 0.252 e. The van der Waals surface area contributed by atoms with Crippen molar-refractivity contribution in [3.63, 3.8) is 0 Å². The molecule has 0 N–H and O–H groups in total. The van der Waals surface area contributed by atoms with Crippen molar-refractivity contribution in [2.24, 2.45) is 0 Å². The van der Waals surface area contributed by atoms with Gasteiger partial charge in [-0.3, -0.25) is 0 Å². The Balaban J connectivity index is 0.948. The van der Waals surface area contributed by atoms with Crippen LogP contribution in [0.1, 0.15) is 0 Å². The molecule has 0 saturated carbocycles. The van der Waals surface area contributed by atoms with E-state index in [9.17, 15) is 0 Å². The summed E-state index contributed by atoms with van der Waals surface area (Å²) in [7, 11) is 0. The highest BCUT2D eigenvalue weighted by Crippen LogP contribution is 2.57. The second-order valence-corrected chi connectivity index (χ2v) is 27.9. The number of fused-ring (bicyclic) bond motifs is 17. The number of hydrogen-bond donors (Lipinski definition) is 0. The second kappa shape index (κ2) is 21.3.